The molecule has 3 nitrogen and oxygen atoms in total. The number of hydrogen-bond acceptors (Lipinski definition) is 2. The first-order valence-corrected chi connectivity index (χ1v) is 5.03. The molecule has 0 aliphatic carbocycles. The maximum absolute atomic E-state index is 10.9. The predicted octanol–water partition coefficient (Wildman–Crippen LogP) is 1.92. The zero-order valence-corrected chi connectivity index (χ0v) is 9.41. The van der Waals surface area contributed by atoms with Crippen LogP contribution < -0.4 is 5.32 Å². The van der Waals surface area contributed by atoms with Crippen LogP contribution in [-0.4, -0.2) is 11.7 Å². The Bertz CT molecular complexity index is 307. The second-order valence-electron chi connectivity index (χ2n) is 2.72. The summed E-state index contributed by atoms with van der Waals surface area (Å²) in [5, 5.41) is 2.51. The highest BCUT2D eigenvalue weighted by atomic mass is 16.2. The minimum absolute atomic E-state index is 0.402. The Morgan fingerprint density at radius 2 is 1.67 bits per heavy atom. The van der Waals surface area contributed by atoms with E-state index in [2.05, 4.69) is 5.32 Å². The van der Waals surface area contributed by atoms with Gasteiger partial charge in [0, 0.05) is 13.5 Å². The first-order chi connectivity index (χ1) is 7.20. The Hall–Kier alpha value is -1.64. The highest BCUT2D eigenvalue weighted by molar-refractivity contribution is 6.35. The standard InChI is InChI=1S/C10H11NO2.C2H6/c1-8(12)10(13)11-7-9-5-3-2-4-6-9;1-2/h2-6H,7H2,1H3,(H,11,13);1-2H3. The highest BCUT2D eigenvalue weighted by Crippen LogP contribution is 1.96. The van der Waals surface area contributed by atoms with Gasteiger partial charge in [-0.1, -0.05) is 44.2 Å². The van der Waals surface area contributed by atoms with Gasteiger partial charge in [-0.2, -0.15) is 0 Å². The number of hydrogen-bond donors (Lipinski definition) is 1. The van der Waals surface area contributed by atoms with Gasteiger partial charge in [-0.25, -0.2) is 0 Å². The van der Waals surface area contributed by atoms with E-state index in [-0.39, 0.29) is 0 Å². The Kier molecular flexibility index (Phi) is 6.89. The van der Waals surface area contributed by atoms with Gasteiger partial charge in [0.1, 0.15) is 0 Å². The SMILES string of the molecule is CC.CC(=O)C(=O)NCc1ccccc1. The van der Waals surface area contributed by atoms with Crippen LogP contribution in [0.2, 0.25) is 0 Å². The van der Waals surface area contributed by atoms with E-state index in [1.807, 2.05) is 44.2 Å². The number of rotatable bonds is 3. The van der Waals surface area contributed by atoms with Gasteiger partial charge in [0.25, 0.3) is 5.91 Å². The van der Waals surface area contributed by atoms with Crippen LogP contribution in [0.4, 0.5) is 0 Å². The maximum atomic E-state index is 10.9. The quantitative estimate of drug-likeness (QED) is 0.770. The third kappa shape index (κ3) is 5.62. The van der Waals surface area contributed by atoms with Gasteiger partial charge in [-0.3, -0.25) is 9.59 Å². The molecule has 3 heteroatoms. The molecule has 1 rings (SSSR count). The lowest BCUT2D eigenvalue weighted by molar-refractivity contribution is -0.136. The van der Waals surface area contributed by atoms with Crippen molar-refractivity contribution >= 4 is 11.7 Å². The minimum Gasteiger partial charge on any atom is -0.345 e. The molecule has 15 heavy (non-hydrogen) atoms. The molecule has 1 aromatic carbocycles. The number of benzene rings is 1. The molecule has 0 aromatic heterocycles. The van der Waals surface area contributed by atoms with Gasteiger partial charge in [-0.05, 0) is 5.56 Å². The highest BCUT2D eigenvalue weighted by Gasteiger charge is 2.05. The van der Waals surface area contributed by atoms with Crippen molar-refractivity contribution in [1.82, 2.24) is 5.32 Å². The van der Waals surface area contributed by atoms with Gasteiger partial charge in [0.05, 0.1) is 0 Å². The van der Waals surface area contributed by atoms with Gasteiger partial charge in [-0.15, -0.1) is 0 Å². The Morgan fingerprint density at radius 1 is 1.13 bits per heavy atom. The van der Waals surface area contributed by atoms with Crippen molar-refractivity contribution in [2.75, 3.05) is 0 Å². The Labute approximate surface area is 90.5 Å². The molecular weight excluding hydrogens is 190 g/mol. The topological polar surface area (TPSA) is 46.2 Å². The minimum atomic E-state index is -0.538. The Morgan fingerprint density at radius 3 is 2.13 bits per heavy atom. The van der Waals surface area contributed by atoms with Crippen LogP contribution >= 0.6 is 0 Å². The summed E-state index contributed by atoms with van der Waals surface area (Å²) in [6.07, 6.45) is 0. The molecule has 0 saturated carbocycles. The van der Waals surface area contributed by atoms with Crippen molar-refractivity contribution in [2.24, 2.45) is 0 Å². The summed E-state index contributed by atoms with van der Waals surface area (Å²) in [7, 11) is 0. The largest absolute Gasteiger partial charge is 0.345 e. The number of amides is 1. The van der Waals surface area contributed by atoms with Crippen molar-refractivity contribution in [3.8, 4) is 0 Å². The van der Waals surface area contributed by atoms with E-state index in [9.17, 15) is 9.59 Å². The van der Waals surface area contributed by atoms with Crippen LogP contribution in [0.3, 0.4) is 0 Å². The average Bonchev–Trinajstić information content (AvgIpc) is 2.30. The van der Waals surface area contributed by atoms with E-state index in [0.29, 0.717) is 6.54 Å². The molecule has 0 atom stereocenters. The molecule has 1 N–H and O–H groups in total. The second-order valence-corrected chi connectivity index (χ2v) is 2.72. The average molecular weight is 207 g/mol. The first kappa shape index (κ1) is 13.4. The lowest BCUT2D eigenvalue weighted by atomic mass is 10.2. The van der Waals surface area contributed by atoms with Crippen LogP contribution in [0.15, 0.2) is 30.3 Å². The van der Waals surface area contributed by atoms with Crippen molar-refractivity contribution in [3.05, 3.63) is 35.9 Å². The molecule has 82 valence electrons. The lowest BCUT2D eigenvalue weighted by Crippen LogP contribution is -2.28. The smallest absolute Gasteiger partial charge is 0.287 e. The molecule has 0 fully saturated rings. The van der Waals surface area contributed by atoms with Crippen molar-refractivity contribution in [1.29, 1.82) is 0 Å². The van der Waals surface area contributed by atoms with Crippen LogP contribution in [0.5, 0.6) is 0 Å². The molecule has 0 unspecified atom stereocenters. The van der Waals surface area contributed by atoms with E-state index >= 15 is 0 Å². The third-order valence-corrected chi connectivity index (χ3v) is 1.62. The zero-order chi connectivity index (χ0) is 11.7. The second kappa shape index (κ2) is 7.74. The molecular formula is C12H17NO2. The summed E-state index contributed by atoms with van der Waals surface area (Å²) >= 11 is 0. The number of nitrogens with one attached hydrogen (secondary N) is 1. The molecule has 0 aliphatic heterocycles. The Balaban J connectivity index is 0.000000921. The molecule has 1 aromatic rings. The van der Waals surface area contributed by atoms with Crippen LogP contribution in [0.25, 0.3) is 0 Å². The van der Waals surface area contributed by atoms with E-state index in [4.69, 9.17) is 0 Å². The summed E-state index contributed by atoms with van der Waals surface area (Å²) in [4.78, 5) is 21.4. The van der Waals surface area contributed by atoms with Crippen molar-refractivity contribution in [3.63, 3.8) is 0 Å². The molecule has 0 bridgehead atoms. The summed E-state index contributed by atoms with van der Waals surface area (Å²) in [6, 6.07) is 9.45. The molecule has 0 saturated heterocycles. The normalized spacial score (nSPS) is 8.47. The number of Topliss-reactive ketones (excluding diaryl/α,β-unsaturated/α-hetero) is 1. The van der Waals surface area contributed by atoms with Crippen molar-refractivity contribution < 1.29 is 9.59 Å². The van der Waals surface area contributed by atoms with E-state index in [1.165, 1.54) is 6.92 Å². The van der Waals surface area contributed by atoms with Crippen LogP contribution in [0, 0.1) is 0 Å². The predicted molar refractivity (Wildman–Crippen MR) is 60.3 cm³/mol. The number of carbonyl (C=O) groups is 2. The lowest BCUT2D eigenvalue weighted by Gasteiger charge is -2.01. The first-order valence-electron chi connectivity index (χ1n) is 5.03. The summed E-state index contributed by atoms with van der Waals surface area (Å²) in [5.41, 5.74) is 0.983. The van der Waals surface area contributed by atoms with E-state index in [0.717, 1.165) is 5.56 Å². The molecule has 0 spiro atoms. The number of ketones is 1. The van der Waals surface area contributed by atoms with Crippen LogP contribution in [-0.2, 0) is 16.1 Å². The van der Waals surface area contributed by atoms with Gasteiger partial charge >= 0.3 is 0 Å². The number of carbonyl (C=O) groups excluding carboxylic acids is 2. The summed E-state index contributed by atoms with van der Waals surface area (Å²) < 4.78 is 0. The third-order valence-electron chi connectivity index (χ3n) is 1.62. The fraction of sp³-hybridized carbons (Fsp3) is 0.333. The zero-order valence-electron chi connectivity index (χ0n) is 9.41. The summed E-state index contributed by atoms with van der Waals surface area (Å²) in [5.74, 6) is -1.00. The van der Waals surface area contributed by atoms with Gasteiger partial charge < -0.3 is 5.32 Å². The summed E-state index contributed by atoms with van der Waals surface area (Å²) in [6.45, 7) is 5.65. The van der Waals surface area contributed by atoms with Crippen LogP contribution in [0.1, 0.15) is 26.3 Å². The van der Waals surface area contributed by atoms with E-state index < -0.39 is 11.7 Å². The fourth-order valence-electron chi connectivity index (χ4n) is 0.903. The van der Waals surface area contributed by atoms with Gasteiger partial charge in [0.2, 0.25) is 5.78 Å². The van der Waals surface area contributed by atoms with Gasteiger partial charge in [0.15, 0.2) is 0 Å². The molecule has 1 amide bonds. The molecule has 0 aliphatic rings. The monoisotopic (exact) mass is 207 g/mol. The maximum Gasteiger partial charge on any atom is 0.287 e. The fourth-order valence-corrected chi connectivity index (χ4v) is 0.903. The van der Waals surface area contributed by atoms with E-state index in [1.54, 1.807) is 0 Å². The molecule has 0 radical (unpaired) electrons. The van der Waals surface area contributed by atoms with Crippen molar-refractivity contribution in [2.45, 2.75) is 27.3 Å². The molecule has 0 heterocycles.